The fourth-order valence-corrected chi connectivity index (χ4v) is 4.82. The smallest absolute Gasteiger partial charge is 0.282 e. The maximum atomic E-state index is 12.9. The molecule has 0 bridgehead atoms. The van der Waals surface area contributed by atoms with Crippen molar-refractivity contribution < 1.29 is 8.42 Å². The lowest BCUT2D eigenvalue weighted by Gasteiger charge is -2.36. The summed E-state index contributed by atoms with van der Waals surface area (Å²) in [6.45, 7) is 3.81. The SMILES string of the molecule is CC1CCCCN1S(=O)(=O)N(CCN)CCc1ccccc1.Cl. The number of hydrogen-bond acceptors (Lipinski definition) is 3. The first-order valence-corrected chi connectivity index (χ1v) is 9.46. The summed E-state index contributed by atoms with van der Waals surface area (Å²) in [4.78, 5) is 0. The van der Waals surface area contributed by atoms with Crippen LogP contribution in [0.2, 0.25) is 0 Å². The minimum Gasteiger partial charge on any atom is -0.329 e. The Morgan fingerprint density at radius 3 is 2.52 bits per heavy atom. The molecule has 1 aliphatic rings. The van der Waals surface area contributed by atoms with Crippen LogP contribution in [-0.2, 0) is 16.6 Å². The molecule has 1 saturated heterocycles. The molecule has 23 heavy (non-hydrogen) atoms. The van der Waals surface area contributed by atoms with Crippen LogP contribution in [0.25, 0.3) is 0 Å². The van der Waals surface area contributed by atoms with E-state index in [1.165, 1.54) is 0 Å². The summed E-state index contributed by atoms with van der Waals surface area (Å²) in [5.41, 5.74) is 6.78. The normalized spacial score (nSPS) is 19.5. The molecule has 0 saturated carbocycles. The van der Waals surface area contributed by atoms with Crippen LogP contribution in [-0.4, -0.2) is 49.2 Å². The lowest BCUT2D eigenvalue weighted by atomic mass is 10.1. The lowest BCUT2D eigenvalue weighted by Crippen LogP contribution is -2.51. The average molecular weight is 362 g/mol. The van der Waals surface area contributed by atoms with Gasteiger partial charge in [0.15, 0.2) is 0 Å². The van der Waals surface area contributed by atoms with Crippen LogP contribution < -0.4 is 5.73 Å². The number of nitrogens with two attached hydrogens (primary N) is 1. The van der Waals surface area contributed by atoms with Gasteiger partial charge in [0.05, 0.1) is 0 Å². The second-order valence-corrected chi connectivity index (χ2v) is 7.77. The van der Waals surface area contributed by atoms with Crippen LogP contribution in [0.4, 0.5) is 0 Å². The van der Waals surface area contributed by atoms with E-state index in [0.29, 0.717) is 32.6 Å². The molecule has 1 aliphatic heterocycles. The summed E-state index contributed by atoms with van der Waals surface area (Å²) < 4.78 is 29.0. The predicted octanol–water partition coefficient (Wildman–Crippen LogP) is 2.03. The third-order valence-electron chi connectivity index (χ3n) is 4.24. The van der Waals surface area contributed by atoms with E-state index in [4.69, 9.17) is 5.73 Å². The zero-order valence-electron chi connectivity index (χ0n) is 13.7. The number of rotatable bonds is 7. The third-order valence-corrected chi connectivity index (χ3v) is 6.39. The van der Waals surface area contributed by atoms with Gasteiger partial charge in [-0.05, 0) is 31.7 Å². The Morgan fingerprint density at radius 1 is 1.22 bits per heavy atom. The molecular weight excluding hydrogens is 334 g/mol. The molecule has 1 fully saturated rings. The maximum Gasteiger partial charge on any atom is 0.282 e. The van der Waals surface area contributed by atoms with E-state index in [1.54, 1.807) is 8.61 Å². The molecule has 0 spiro atoms. The van der Waals surface area contributed by atoms with Crippen LogP contribution >= 0.6 is 12.4 Å². The fraction of sp³-hybridized carbons (Fsp3) is 0.625. The summed E-state index contributed by atoms with van der Waals surface area (Å²) in [6.07, 6.45) is 3.70. The lowest BCUT2D eigenvalue weighted by molar-refractivity contribution is 0.245. The molecule has 1 heterocycles. The van der Waals surface area contributed by atoms with Gasteiger partial charge in [-0.25, -0.2) is 0 Å². The Hall–Kier alpha value is -0.660. The molecule has 5 nitrogen and oxygen atoms in total. The molecule has 132 valence electrons. The Bertz CT molecular complexity index is 554. The zero-order valence-corrected chi connectivity index (χ0v) is 15.4. The van der Waals surface area contributed by atoms with Crippen molar-refractivity contribution in [3.8, 4) is 0 Å². The molecule has 1 aromatic rings. The van der Waals surface area contributed by atoms with Crippen molar-refractivity contribution in [1.82, 2.24) is 8.61 Å². The summed E-state index contributed by atoms with van der Waals surface area (Å²) in [6, 6.07) is 10.0. The van der Waals surface area contributed by atoms with Gasteiger partial charge in [-0.1, -0.05) is 36.8 Å². The van der Waals surface area contributed by atoms with Gasteiger partial charge >= 0.3 is 0 Å². The standard InChI is InChI=1S/C16H27N3O2S.ClH/c1-15-7-5-6-12-19(15)22(20,21)18(14-11-17)13-10-16-8-3-2-4-9-16;/h2-4,8-9,15H,5-7,10-14,17H2,1H3;1H. The zero-order chi connectivity index (χ0) is 16.0. The van der Waals surface area contributed by atoms with E-state index in [0.717, 1.165) is 24.8 Å². The Kier molecular flexibility index (Phi) is 8.50. The molecule has 1 unspecified atom stereocenters. The Labute approximate surface area is 146 Å². The highest BCUT2D eigenvalue weighted by molar-refractivity contribution is 7.86. The van der Waals surface area contributed by atoms with E-state index in [-0.39, 0.29) is 18.4 Å². The molecule has 0 amide bonds. The highest BCUT2D eigenvalue weighted by Crippen LogP contribution is 2.22. The Balaban J connectivity index is 0.00000264. The molecule has 0 aromatic heterocycles. The minimum absolute atomic E-state index is 0. The summed E-state index contributed by atoms with van der Waals surface area (Å²) in [5, 5.41) is 0. The quantitative estimate of drug-likeness (QED) is 0.808. The number of nitrogens with zero attached hydrogens (tertiary/aromatic N) is 2. The van der Waals surface area contributed by atoms with Crippen molar-refractivity contribution >= 4 is 22.6 Å². The van der Waals surface area contributed by atoms with Gasteiger partial charge < -0.3 is 5.73 Å². The predicted molar refractivity (Wildman–Crippen MR) is 97.0 cm³/mol. The number of piperidine rings is 1. The number of hydrogen-bond donors (Lipinski definition) is 1. The third kappa shape index (κ3) is 5.43. The van der Waals surface area contributed by atoms with Crippen LogP contribution in [0.3, 0.4) is 0 Å². The number of benzene rings is 1. The fourth-order valence-electron chi connectivity index (χ4n) is 2.95. The van der Waals surface area contributed by atoms with E-state index < -0.39 is 10.2 Å². The molecule has 0 aliphatic carbocycles. The van der Waals surface area contributed by atoms with E-state index in [1.807, 2.05) is 37.3 Å². The highest BCUT2D eigenvalue weighted by atomic mass is 35.5. The van der Waals surface area contributed by atoms with Gasteiger partial charge in [-0.2, -0.15) is 17.0 Å². The average Bonchev–Trinajstić information content (AvgIpc) is 2.52. The summed E-state index contributed by atoms with van der Waals surface area (Å²) >= 11 is 0. The molecule has 0 radical (unpaired) electrons. The highest BCUT2D eigenvalue weighted by Gasteiger charge is 2.33. The van der Waals surface area contributed by atoms with Crippen molar-refractivity contribution in [2.24, 2.45) is 5.73 Å². The first-order chi connectivity index (χ1) is 10.6. The first-order valence-electron chi connectivity index (χ1n) is 8.06. The van der Waals surface area contributed by atoms with Gasteiger partial charge in [-0.15, -0.1) is 12.4 Å². The molecule has 1 aromatic carbocycles. The van der Waals surface area contributed by atoms with Crippen LogP contribution in [0, 0.1) is 0 Å². The molecular formula is C16H28ClN3O2S. The molecule has 2 N–H and O–H groups in total. The van der Waals surface area contributed by atoms with E-state index in [9.17, 15) is 8.42 Å². The molecule has 1 atom stereocenters. The van der Waals surface area contributed by atoms with Crippen molar-refractivity contribution in [3.63, 3.8) is 0 Å². The Morgan fingerprint density at radius 2 is 1.91 bits per heavy atom. The van der Waals surface area contributed by atoms with Gasteiger partial charge in [0.1, 0.15) is 0 Å². The van der Waals surface area contributed by atoms with Gasteiger partial charge in [0, 0.05) is 32.2 Å². The monoisotopic (exact) mass is 361 g/mol. The van der Waals surface area contributed by atoms with Gasteiger partial charge in [0.25, 0.3) is 10.2 Å². The van der Waals surface area contributed by atoms with Crippen molar-refractivity contribution in [2.75, 3.05) is 26.2 Å². The largest absolute Gasteiger partial charge is 0.329 e. The van der Waals surface area contributed by atoms with Crippen LogP contribution in [0.5, 0.6) is 0 Å². The first kappa shape index (κ1) is 20.4. The van der Waals surface area contributed by atoms with Crippen molar-refractivity contribution in [1.29, 1.82) is 0 Å². The van der Waals surface area contributed by atoms with Gasteiger partial charge in [-0.3, -0.25) is 0 Å². The molecule has 2 rings (SSSR count). The second kappa shape index (κ2) is 9.59. The van der Waals surface area contributed by atoms with Crippen molar-refractivity contribution in [3.05, 3.63) is 35.9 Å². The number of halogens is 1. The molecule has 7 heteroatoms. The summed E-state index contributed by atoms with van der Waals surface area (Å²) in [5.74, 6) is 0. The van der Waals surface area contributed by atoms with Crippen LogP contribution in [0.1, 0.15) is 31.7 Å². The van der Waals surface area contributed by atoms with Gasteiger partial charge in [0.2, 0.25) is 0 Å². The topological polar surface area (TPSA) is 66.6 Å². The van der Waals surface area contributed by atoms with E-state index in [2.05, 4.69) is 0 Å². The summed E-state index contributed by atoms with van der Waals surface area (Å²) in [7, 11) is -3.42. The van der Waals surface area contributed by atoms with Crippen molar-refractivity contribution in [2.45, 2.75) is 38.6 Å². The second-order valence-electron chi connectivity index (χ2n) is 5.89. The van der Waals surface area contributed by atoms with Crippen LogP contribution in [0.15, 0.2) is 30.3 Å². The van der Waals surface area contributed by atoms with E-state index >= 15 is 0 Å². The maximum absolute atomic E-state index is 12.9. The minimum atomic E-state index is -3.42.